The average Bonchev–Trinajstić information content (AvgIpc) is 3.10. The van der Waals surface area contributed by atoms with E-state index in [0.29, 0.717) is 0 Å². The highest BCUT2D eigenvalue weighted by Gasteiger charge is 2.38. The van der Waals surface area contributed by atoms with Crippen LogP contribution in [0.25, 0.3) is 10.5 Å². The lowest BCUT2D eigenvalue weighted by molar-refractivity contribution is -0.112. The fourth-order valence-electron chi connectivity index (χ4n) is 3.75. The van der Waals surface area contributed by atoms with Crippen LogP contribution in [0.15, 0.2) is 51.6 Å². The first kappa shape index (κ1) is 20.5. The molecule has 2 nitrogen and oxygen atoms in total. The van der Waals surface area contributed by atoms with Gasteiger partial charge >= 0.3 is 0 Å². The number of rotatable bonds is 2. The van der Waals surface area contributed by atoms with E-state index in [1.54, 1.807) is 30.4 Å². The molecule has 0 atom stereocenters. The smallest absolute Gasteiger partial charge is 0.167 e. The molecule has 0 unspecified atom stereocenters. The molecule has 0 radical (unpaired) electrons. The molecule has 0 saturated heterocycles. The highest BCUT2D eigenvalue weighted by Crippen LogP contribution is 2.58. The molecule has 1 N–H and O–H groups in total. The molecule has 2 aliphatic rings. The molecule has 2 heterocycles. The zero-order chi connectivity index (χ0) is 20.9. The fourth-order valence-corrected chi connectivity index (χ4v) is 6.90. The summed E-state index contributed by atoms with van der Waals surface area (Å²) in [6, 6.07) is 14.5. The zero-order valence-electron chi connectivity index (χ0n) is 17.2. The third-order valence-electron chi connectivity index (χ3n) is 5.14. The molecular formula is C24H23NOS3. The van der Waals surface area contributed by atoms with Gasteiger partial charge in [-0.25, -0.2) is 0 Å². The van der Waals surface area contributed by atoms with Crippen molar-refractivity contribution in [1.82, 2.24) is 0 Å². The maximum atomic E-state index is 12.5. The molecule has 0 bridgehead atoms. The molecule has 0 aromatic heterocycles. The van der Waals surface area contributed by atoms with E-state index in [2.05, 4.69) is 57.3 Å². The fraction of sp³-hybridized carbons (Fsp3) is 0.250. The van der Waals surface area contributed by atoms with Gasteiger partial charge in [-0.3, -0.25) is 4.79 Å². The number of thioether (sulfide) groups is 2. The predicted molar refractivity (Wildman–Crippen MR) is 132 cm³/mol. The number of aryl methyl sites for hydroxylation is 2. The lowest BCUT2D eigenvalue weighted by Gasteiger charge is -2.38. The van der Waals surface area contributed by atoms with Crippen LogP contribution in [0.3, 0.4) is 0 Å². The quantitative estimate of drug-likeness (QED) is 0.404. The Morgan fingerprint density at radius 3 is 2.41 bits per heavy atom. The SMILES string of the molecule is CC(=O)C1=C(c2ccccc2)S/C(=C2\C(=S)C(C)(C)Nc3c(C)cc(C)cc32)S1. The van der Waals surface area contributed by atoms with Crippen molar-refractivity contribution in [3.05, 3.63) is 73.9 Å². The Morgan fingerprint density at radius 2 is 1.76 bits per heavy atom. The Balaban J connectivity index is 1.92. The molecule has 0 saturated carbocycles. The van der Waals surface area contributed by atoms with Crippen LogP contribution in [0.1, 0.15) is 43.0 Å². The van der Waals surface area contributed by atoms with E-state index in [1.165, 1.54) is 11.1 Å². The molecule has 0 aliphatic carbocycles. The molecule has 4 rings (SSSR count). The Bertz CT molecular complexity index is 1110. The molecule has 0 amide bonds. The molecule has 0 fully saturated rings. The van der Waals surface area contributed by atoms with Crippen molar-refractivity contribution in [3.8, 4) is 0 Å². The second-order valence-electron chi connectivity index (χ2n) is 8.03. The second kappa shape index (κ2) is 7.46. The van der Waals surface area contributed by atoms with Gasteiger partial charge in [0.1, 0.15) is 0 Å². The van der Waals surface area contributed by atoms with Crippen molar-refractivity contribution in [2.75, 3.05) is 5.32 Å². The summed E-state index contributed by atoms with van der Waals surface area (Å²) in [5.74, 6) is 0.0942. The second-order valence-corrected chi connectivity index (χ2v) is 10.7. The highest BCUT2D eigenvalue weighted by atomic mass is 32.2. The van der Waals surface area contributed by atoms with Crippen LogP contribution < -0.4 is 5.32 Å². The summed E-state index contributed by atoms with van der Waals surface area (Å²) < 4.78 is 1.10. The van der Waals surface area contributed by atoms with Crippen molar-refractivity contribution in [2.45, 2.75) is 40.2 Å². The van der Waals surface area contributed by atoms with Gasteiger partial charge in [0.05, 0.1) is 14.7 Å². The Kier molecular flexibility index (Phi) is 5.26. The van der Waals surface area contributed by atoms with E-state index in [0.717, 1.165) is 41.3 Å². The Hall–Kier alpha value is -1.82. The van der Waals surface area contributed by atoms with Gasteiger partial charge in [0.2, 0.25) is 0 Å². The van der Waals surface area contributed by atoms with Crippen LogP contribution in [-0.2, 0) is 4.79 Å². The van der Waals surface area contributed by atoms with E-state index in [1.807, 2.05) is 18.2 Å². The molecular weight excluding hydrogens is 414 g/mol. The topological polar surface area (TPSA) is 29.1 Å². The van der Waals surface area contributed by atoms with Gasteiger partial charge in [0.25, 0.3) is 0 Å². The summed E-state index contributed by atoms with van der Waals surface area (Å²) in [6.07, 6.45) is 0. The number of nitrogens with one attached hydrogen (secondary N) is 1. The summed E-state index contributed by atoms with van der Waals surface area (Å²) in [5.41, 5.74) is 6.52. The molecule has 148 valence electrons. The minimum Gasteiger partial charge on any atom is -0.374 e. The number of fused-ring (bicyclic) bond motifs is 1. The van der Waals surface area contributed by atoms with Gasteiger partial charge in [-0.1, -0.05) is 77.7 Å². The summed E-state index contributed by atoms with van der Waals surface area (Å²) in [7, 11) is 0. The maximum Gasteiger partial charge on any atom is 0.167 e. The zero-order valence-corrected chi connectivity index (χ0v) is 19.6. The number of hydrogen-bond acceptors (Lipinski definition) is 5. The minimum atomic E-state index is -0.336. The van der Waals surface area contributed by atoms with Gasteiger partial charge in [0.15, 0.2) is 5.78 Å². The summed E-state index contributed by atoms with van der Waals surface area (Å²) in [6.45, 7) is 10.1. The van der Waals surface area contributed by atoms with Crippen molar-refractivity contribution < 1.29 is 4.79 Å². The third kappa shape index (κ3) is 3.60. The summed E-state index contributed by atoms with van der Waals surface area (Å²) in [4.78, 5) is 15.2. The van der Waals surface area contributed by atoms with Crippen LogP contribution in [0.5, 0.6) is 0 Å². The van der Waals surface area contributed by atoms with E-state index < -0.39 is 0 Å². The maximum absolute atomic E-state index is 12.5. The molecule has 5 heteroatoms. The van der Waals surface area contributed by atoms with E-state index in [-0.39, 0.29) is 11.3 Å². The summed E-state index contributed by atoms with van der Waals surface area (Å²) in [5, 5.41) is 3.64. The van der Waals surface area contributed by atoms with Crippen LogP contribution in [0.2, 0.25) is 0 Å². The van der Waals surface area contributed by atoms with Crippen molar-refractivity contribution in [1.29, 1.82) is 0 Å². The number of anilines is 1. The lowest BCUT2D eigenvalue weighted by atomic mass is 9.84. The van der Waals surface area contributed by atoms with E-state index >= 15 is 0 Å². The molecule has 0 spiro atoms. The van der Waals surface area contributed by atoms with Gasteiger partial charge < -0.3 is 5.32 Å². The normalized spacial score (nSPS) is 20.5. The number of thiocarbonyl (C=S) groups is 1. The number of Topliss-reactive ketones (excluding diaryl/α,β-unsaturated/α-hetero) is 1. The number of carbonyl (C=O) groups is 1. The first-order valence-corrected chi connectivity index (χ1v) is 11.6. The van der Waals surface area contributed by atoms with Gasteiger partial charge in [-0.2, -0.15) is 0 Å². The lowest BCUT2D eigenvalue weighted by Crippen LogP contribution is -2.43. The molecule has 2 aromatic rings. The monoisotopic (exact) mass is 437 g/mol. The summed E-state index contributed by atoms with van der Waals surface area (Å²) >= 11 is 9.21. The number of benzene rings is 2. The number of hydrogen-bond donors (Lipinski definition) is 1. The van der Waals surface area contributed by atoms with Crippen LogP contribution >= 0.6 is 35.7 Å². The van der Waals surface area contributed by atoms with Crippen molar-refractivity contribution in [2.24, 2.45) is 0 Å². The number of ketones is 1. The van der Waals surface area contributed by atoms with Gasteiger partial charge in [-0.05, 0) is 51.8 Å². The largest absolute Gasteiger partial charge is 0.374 e. The molecule has 2 aromatic carbocycles. The first-order chi connectivity index (χ1) is 13.7. The molecule has 29 heavy (non-hydrogen) atoms. The van der Waals surface area contributed by atoms with E-state index in [4.69, 9.17) is 12.2 Å². The third-order valence-corrected chi connectivity index (χ3v) is 8.60. The first-order valence-electron chi connectivity index (χ1n) is 9.54. The van der Waals surface area contributed by atoms with Gasteiger partial charge in [0, 0.05) is 26.6 Å². The van der Waals surface area contributed by atoms with Gasteiger partial charge in [-0.15, -0.1) is 0 Å². The van der Waals surface area contributed by atoms with Crippen LogP contribution in [-0.4, -0.2) is 16.2 Å². The average molecular weight is 438 g/mol. The molecule has 2 aliphatic heterocycles. The minimum absolute atomic E-state index is 0.0942. The Morgan fingerprint density at radius 1 is 1.07 bits per heavy atom. The van der Waals surface area contributed by atoms with Crippen molar-refractivity contribution in [3.63, 3.8) is 0 Å². The highest BCUT2D eigenvalue weighted by molar-refractivity contribution is 8.32. The predicted octanol–water partition coefficient (Wildman–Crippen LogP) is 6.98. The van der Waals surface area contributed by atoms with E-state index in [9.17, 15) is 4.79 Å². The van der Waals surface area contributed by atoms with Crippen molar-refractivity contribution >= 4 is 62.6 Å². The van der Waals surface area contributed by atoms with Crippen LogP contribution in [0.4, 0.5) is 5.69 Å². The van der Waals surface area contributed by atoms with Crippen LogP contribution in [0, 0.1) is 13.8 Å². The standard InChI is InChI=1S/C24H23NOS3/c1-13-11-14(2)19-17(12-13)18(22(27)24(4,5)25-19)23-28-20(15(3)26)21(29-23)16-9-7-6-8-10-16/h6-12,25H,1-5H3/b23-18-. The Labute approximate surface area is 186 Å². The number of carbonyl (C=O) groups excluding carboxylic acids is 1. The number of allylic oxidation sites excluding steroid dienone is 1.